The smallest absolute Gasteiger partial charge is 0.326 e. The molecule has 9 N–H and O–H groups in total. The Hall–Kier alpha value is -3.18. The number of aliphatic carboxylic acids is 1. The van der Waals surface area contributed by atoms with Crippen molar-refractivity contribution in [3.05, 3.63) is 29.8 Å². The zero-order valence-corrected chi connectivity index (χ0v) is 19.9. The number of carboxylic acid groups (broad SMARTS) is 1. The van der Waals surface area contributed by atoms with Crippen LogP contribution in [0.1, 0.15) is 45.6 Å². The third-order valence-corrected chi connectivity index (χ3v) is 5.23. The predicted octanol–water partition coefficient (Wildman–Crippen LogP) is -0.394. The molecule has 1 aromatic carbocycles. The Morgan fingerprint density at radius 1 is 0.882 bits per heavy atom. The molecular weight excluding hydrogens is 442 g/mol. The molecule has 4 atom stereocenters. The molecule has 4 unspecified atom stereocenters. The molecule has 0 radical (unpaired) electrons. The first-order chi connectivity index (χ1) is 16.0. The summed E-state index contributed by atoms with van der Waals surface area (Å²) < 4.78 is 0. The zero-order valence-electron chi connectivity index (χ0n) is 19.9. The first kappa shape index (κ1) is 28.9. The van der Waals surface area contributed by atoms with Gasteiger partial charge in [-0.3, -0.25) is 14.4 Å². The van der Waals surface area contributed by atoms with E-state index in [0.717, 1.165) is 0 Å². The van der Waals surface area contributed by atoms with Gasteiger partial charge in [0.2, 0.25) is 17.7 Å². The monoisotopic (exact) mass is 479 g/mol. The van der Waals surface area contributed by atoms with Gasteiger partial charge < -0.3 is 37.6 Å². The minimum absolute atomic E-state index is 0.0100. The number of amides is 3. The van der Waals surface area contributed by atoms with E-state index in [2.05, 4.69) is 16.0 Å². The maximum absolute atomic E-state index is 13.0. The van der Waals surface area contributed by atoms with Crippen LogP contribution in [0.25, 0.3) is 0 Å². The molecule has 0 spiro atoms. The third-order valence-electron chi connectivity index (χ3n) is 5.23. The largest absolute Gasteiger partial charge is 0.508 e. The van der Waals surface area contributed by atoms with Crippen LogP contribution in [-0.2, 0) is 25.6 Å². The number of rotatable bonds is 14. The second kappa shape index (κ2) is 14.2. The van der Waals surface area contributed by atoms with Gasteiger partial charge in [0.05, 0.1) is 6.04 Å². The van der Waals surface area contributed by atoms with Crippen LogP contribution in [0.2, 0.25) is 0 Å². The molecule has 0 saturated carbocycles. The highest BCUT2D eigenvalue weighted by molar-refractivity contribution is 5.94. The van der Waals surface area contributed by atoms with Gasteiger partial charge in [0.25, 0.3) is 0 Å². The number of carboxylic acids is 1. The first-order valence-electron chi connectivity index (χ1n) is 11.3. The van der Waals surface area contributed by atoms with Crippen LogP contribution in [0.5, 0.6) is 5.75 Å². The van der Waals surface area contributed by atoms with Crippen molar-refractivity contribution in [2.75, 3.05) is 6.54 Å². The van der Waals surface area contributed by atoms with Crippen LogP contribution in [-0.4, -0.2) is 64.6 Å². The predicted molar refractivity (Wildman–Crippen MR) is 127 cm³/mol. The number of aromatic hydroxyl groups is 1. The average Bonchev–Trinajstić information content (AvgIpc) is 2.76. The number of carbonyl (C=O) groups excluding carboxylic acids is 3. The van der Waals surface area contributed by atoms with Gasteiger partial charge in [-0.15, -0.1) is 0 Å². The Morgan fingerprint density at radius 2 is 1.47 bits per heavy atom. The second-order valence-electron chi connectivity index (χ2n) is 8.63. The molecule has 0 fully saturated rings. The third kappa shape index (κ3) is 9.75. The van der Waals surface area contributed by atoms with Crippen LogP contribution in [0.3, 0.4) is 0 Å². The van der Waals surface area contributed by atoms with Crippen molar-refractivity contribution in [1.29, 1.82) is 0 Å². The molecule has 0 aliphatic carbocycles. The Labute approximate surface area is 199 Å². The van der Waals surface area contributed by atoms with Crippen molar-refractivity contribution in [1.82, 2.24) is 16.0 Å². The number of unbranched alkanes of at least 4 members (excludes halogenated alkanes) is 1. The number of hydrogen-bond donors (Lipinski definition) is 7. The zero-order chi connectivity index (χ0) is 25.8. The molecular formula is C23H37N5O6. The number of phenolic OH excluding ortho intramolecular Hbond substituents is 1. The summed E-state index contributed by atoms with van der Waals surface area (Å²) in [6, 6.07) is 1.98. The van der Waals surface area contributed by atoms with E-state index in [1.54, 1.807) is 26.0 Å². The van der Waals surface area contributed by atoms with Gasteiger partial charge in [0.1, 0.15) is 23.9 Å². The summed E-state index contributed by atoms with van der Waals surface area (Å²) in [6.45, 7) is 5.38. The van der Waals surface area contributed by atoms with E-state index >= 15 is 0 Å². The summed E-state index contributed by atoms with van der Waals surface area (Å²) in [5, 5.41) is 26.7. The van der Waals surface area contributed by atoms with Crippen LogP contribution in [0.4, 0.5) is 0 Å². The molecule has 0 bridgehead atoms. The summed E-state index contributed by atoms with van der Waals surface area (Å²) in [7, 11) is 0. The maximum atomic E-state index is 13.0. The maximum Gasteiger partial charge on any atom is 0.326 e. The van der Waals surface area contributed by atoms with E-state index in [-0.39, 0.29) is 24.5 Å². The van der Waals surface area contributed by atoms with Gasteiger partial charge in [0, 0.05) is 6.42 Å². The van der Waals surface area contributed by atoms with Gasteiger partial charge in [-0.25, -0.2) is 4.79 Å². The fraction of sp³-hybridized carbons (Fsp3) is 0.565. The number of nitrogens with one attached hydrogen (secondary N) is 3. The van der Waals surface area contributed by atoms with Crippen molar-refractivity contribution < 1.29 is 29.4 Å². The van der Waals surface area contributed by atoms with E-state index in [4.69, 9.17) is 11.5 Å². The van der Waals surface area contributed by atoms with E-state index in [1.807, 2.05) is 0 Å². The normalized spacial score (nSPS) is 14.5. The van der Waals surface area contributed by atoms with Gasteiger partial charge in [-0.1, -0.05) is 26.0 Å². The first-order valence-corrected chi connectivity index (χ1v) is 11.3. The minimum atomic E-state index is -1.25. The minimum Gasteiger partial charge on any atom is -0.508 e. The topological polar surface area (TPSA) is 197 Å². The average molecular weight is 480 g/mol. The second-order valence-corrected chi connectivity index (χ2v) is 8.63. The molecule has 11 nitrogen and oxygen atoms in total. The highest BCUT2D eigenvalue weighted by Crippen LogP contribution is 2.12. The Kier molecular flexibility index (Phi) is 12.0. The van der Waals surface area contributed by atoms with Crippen molar-refractivity contribution in [2.45, 2.75) is 70.6 Å². The van der Waals surface area contributed by atoms with Gasteiger partial charge in [0.15, 0.2) is 0 Å². The molecule has 11 heteroatoms. The van der Waals surface area contributed by atoms with Crippen LogP contribution >= 0.6 is 0 Å². The molecule has 0 saturated heterocycles. The Morgan fingerprint density at radius 3 is 1.97 bits per heavy atom. The van der Waals surface area contributed by atoms with Crippen molar-refractivity contribution in [3.8, 4) is 5.75 Å². The summed E-state index contributed by atoms with van der Waals surface area (Å²) in [4.78, 5) is 49.7. The quantitative estimate of drug-likeness (QED) is 0.175. The molecule has 34 heavy (non-hydrogen) atoms. The number of hydrogen-bond acceptors (Lipinski definition) is 7. The lowest BCUT2D eigenvalue weighted by atomic mass is 10.0. The fourth-order valence-corrected chi connectivity index (χ4v) is 3.18. The number of phenols is 1. The van der Waals surface area contributed by atoms with Crippen LogP contribution < -0.4 is 27.4 Å². The van der Waals surface area contributed by atoms with Crippen molar-refractivity contribution >= 4 is 23.7 Å². The number of nitrogens with two attached hydrogens (primary N) is 2. The molecule has 1 rings (SSSR count). The lowest BCUT2D eigenvalue weighted by Gasteiger charge is -2.26. The molecule has 1 aromatic rings. The van der Waals surface area contributed by atoms with Crippen molar-refractivity contribution in [2.24, 2.45) is 17.4 Å². The summed E-state index contributed by atoms with van der Waals surface area (Å²) in [5.74, 6) is -3.20. The van der Waals surface area contributed by atoms with E-state index in [9.17, 15) is 29.4 Å². The molecule has 3 amide bonds. The highest BCUT2D eigenvalue weighted by Gasteiger charge is 2.31. The summed E-state index contributed by atoms with van der Waals surface area (Å²) in [6.07, 6.45) is 1.38. The Bertz CT molecular complexity index is 828. The van der Waals surface area contributed by atoms with Crippen LogP contribution in [0.15, 0.2) is 24.3 Å². The number of carbonyl (C=O) groups is 4. The Balaban J connectivity index is 2.98. The van der Waals surface area contributed by atoms with Gasteiger partial charge in [-0.2, -0.15) is 0 Å². The van der Waals surface area contributed by atoms with Gasteiger partial charge in [-0.05, 0) is 56.3 Å². The molecule has 0 aromatic heterocycles. The van der Waals surface area contributed by atoms with Gasteiger partial charge >= 0.3 is 5.97 Å². The van der Waals surface area contributed by atoms with Crippen LogP contribution in [0, 0.1) is 5.92 Å². The lowest BCUT2D eigenvalue weighted by Crippen LogP contribution is -2.58. The van der Waals surface area contributed by atoms with Crippen molar-refractivity contribution in [3.63, 3.8) is 0 Å². The fourth-order valence-electron chi connectivity index (χ4n) is 3.18. The molecule has 0 aliphatic heterocycles. The molecule has 0 heterocycles. The highest BCUT2D eigenvalue weighted by atomic mass is 16.4. The van der Waals surface area contributed by atoms with E-state index in [1.165, 1.54) is 19.1 Å². The number of benzene rings is 1. The molecule has 0 aliphatic rings. The standard InChI is InChI=1S/C23H37N5O6/c1-13(2)19(28-20(30)14(3)25)22(32)26-17(6-4-5-11-24)21(31)27-18(23(33)34)12-15-7-9-16(29)10-8-15/h7-10,13-14,17-19,29H,4-6,11-12,24-25H2,1-3H3,(H,26,32)(H,27,31)(H,28,30)(H,33,34). The SMILES string of the molecule is CC(N)C(=O)NC(C(=O)NC(CCCCN)C(=O)NC(Cc1ccc(O)cc1)C(=O)O)C(C)C. The summed E-state index contributed by atoms with van der Waals surface area (Å²) >= 11 is 0. The lowest BCUT2D eigenvalue weighted by molar-refractivity contribution is -0.142. The van der Waals surface area contributed by atoms with E-state index in [0.29, 0.717) is 24.9 Å². The molecule has 190 valence electrons. The van der Waals surface area contributed by atoms with E-state index < -0.39 is 47.9 Å². The summed E-state index contributed by atoms with van der Waals surface area (Å²) in [5.41, 5.74) is 11.7.